The van der Waals surface area contributed by atoms with E-state index in [2.05, 4.69) is 4.98 Å². The predicted octanol–water partition coefficient (Wildman–Crippen LogP) is 2.08. The van der Waals surface area contributed by atoms with Crippen molar-refractivity contribution in [3.8, 4) is 0 Å². The fourth-order valence-electron chi connectivity index (χ4n) is 3.29. The van der Waals surface area contributed by atoms with Gasteiger partial charge in [-0.3, -0.25) is 14.6 Å². The largest absolute Gasteiger partial charge is 0.342 e. The number of nitrogens with zero attached hydrogens (tertiary/aromatic N) is 3. The number of aryl methyl sites for hydroxylation is 1. The van der Waals surface area contributed by atoms with Gasteiger partial charge in [0.05, 0.1) is 18.3 Å². The number of benzene rings is 1. The van der Waals surface area contributed by atoms with Gasteiger partial charge in [-0.05, 0) is 42.9 Å². The first-order valence-electron chi connectivity index (χ1n) is 8.65. The molecule has 1 amide bonds. The van der Waals surface area contributed by atoms with E-state index in [4.69, 9.17) is 0 Å². The topological polar surface area (TPSA) is 55.2 Å². The fraction of sp³-hybridized carbons (Fsp3) is 0.421. The van der Waals surface area contributed by atoms with Crippen LogP contribution in [-0.2, 0) is 24.7 Å². The van der Waals surface area contributed by atoms with Gasteiger partial charge in [0.2, 0.25) is 5.91 Å². The van der Waals surface area contributed by atoms with E-state index < -0.39 is 11.6 Å². The normalized spacial score (nSPS) is 15.3. The minimum atomic E-state index is -0.832. The molecule has 2 heterocycles. The number of piperidine rings is 1. The number of carbonyl (C=O) groups is 1. The molecular weight excluding hydrogens is 340 g/mol. The zero-order valence-electron chi connectivity index (χ0n) is 14.6. The SMILES string of the molecule is Cn1cc(CC(=O)N2CCC(Cc3ccc(F)c(F)c3)CC2)ncc1=O. The summed E-state index contributed by atoms with van der Waals surface area (Å²) in [4.78, 5) is 29.6. The van der Waals surface area contributed by atoms with E-state index in [0.29, 0.717) is 31.1 Å². The van der Waals surface area contributed by atoms with Crippen LogP contribution >= 0.6 is 0 Å². The molecule has 0 spiro atoms. The molecule has 0 saturated carbocycles. The summed E-state index contributed by atoms with van der Waals surface area (Å²) in [6.45, 7) is 1.28. The molecule has 138 valence electrons. The van der Waals surface area contributed by atoms with Gasteiger partial charge in [-0.25, -0.2) is 8.78 Å². The Balaban J connectivity index is 1.52. The number of halogens is 2. The van der Waals surface area contributed by atoms with E-state index in [1.807, 2.05) is 0 Å². The van der Waals surface area contributed by atoms with Crippen LogP contribution in [0.25, 0.3) is 0 Å². The van der Waals surface area contributed by atoms with Crippen LogP contribution in [0.15, 0.2) is 35.4 Å². The lowest BCUT2D eigenvalue weighted by molar-refractivity contribution is -0.131. The Bertz CT molecular complexity index is 858. The van der Waals surface area contributed by atoms with Crippen molar-refractivity contribution >= 4 is 5.91 Å². The molecule has 5 nitrogen and oxygen atoms in total. The molecule has 1 aliphatic rings. The van der Waals surface area contributed by atoms with Crippen molar-refractivity contribution < 1.29 is 13.6 Å². The minimum Gasteiger partial charge on any atom is -0.342 e. The molecule has 2 aromatic rings. The minimum absolute atomic E-state index is 0.0116. The summed E-state index contributed by atoms with van der Waals surface area (Å²) in [6, 6.07) is 4.02. The first-order valence-corrected chi connectivity index (χ1v) is 8.65. The molecule has 0 N–H and O–H groups in total. The van der Waals surface area contributed by atoms with Gasteiger partial charge in [-0.15, -0.1) is 0 Å². The van der Waals surface area contributed by atoms with E-state index in [1.54, 1.807) is 24.2 Å². The van der Waals surface area contributed by atoms with E-state index in [9.17, 15) is 18.4 Å². The first-order chi connectivity index (χ1) is 12.4. The zero-order chi connectivity index (χ0) is 18.7. The fourth-order valence-corrected chi connectivity index (χ4v) is 3.29. The van der Waals surface area contributed by atoms with Gasteiger partial charge < -0.3 is 9.47 Å². The van der Waals surface area contributed by atoms with Gasteiger partial charge in [0.1, 0.15) is 0 Å². The summed E-state index contributed by atoms with van der Waals surface area (Å²) in [5, 5.41) is 0. The lowest BCUT2D eigenvalue weighted by Gasteiger charge is -2.32. The Kier molecular flexibility index (Phi) is 5.44. The molecule has 0 unspecified atom stereocenters. The summed E-state index contributed by atoms with van der Waals surface area (Å²) in [5.41, 5.74) is 1.14. The van der Waals surface area contributed by atoms with E-state index in [0.717, 1.165) is 24.5 Å². The van der Waals surface area contributed by atoms with E-state index in [-0.39, 0.29) is 17.9 Å². The van der Waals surface area contributed by atoms with Crippen LogP contribution in [0.4, 0.5) is 8.78 Å². The summed E-state index contributed by atoms with van der Waals surface area (Å²) >= 11 is 0. The molecule has 0 bridgehead atoms. The standard InChI is InChI=1S/C19H21F2N3O2/c1-23-12-15(22-11-19(23)26)10-18(25)24-6-4-13(5-7-24)8-14-2-3-16(20)17(21)9-14/h2-3,9,11-13H,4-8,10H2,1H3. The molecule has 1 fully saturated rings. The van der Waals surface area contributed by atoms with Gasteiger partial charge in [-0.2, -0.15) is 0 Å². The number of hydrogen-bond donors (Lipinski definition) is 0. The van der Waals surface area contributed by atoms with Crippen molar-refractivity contribution in [2.75, 3.05) is 13.1 Å². The lowest BCUT2D eigenvalue weighted by atomic mass is 9.90. The van der Waals surface area contributed by atoms with Gasteiger partial charge in [0.15, 0.2) is 11.6 Å². The van der Waals surface area contributed by atoms with Crippen LogP contribution in [0.3, 0.4) is 0 Å². The Labute approximate surface area is 150 Å². The Morgan fingerprint density at radius 1 is 1.23 bits per heavy atom. The second-order valence-electron chi connectivity index (χ2n) is 6.78. The average Bonchev–Trinajstić information content (AvgIpc) is 2.62. The summed E-state index contributed by atoms with van der Waals surface area (Å²) in [6.07, 6.45) is 5.30. The molecule has 0 atom stereocenters. The molecule has 26 heavy (non-hydrogen) atoms. The third kappa shape index (κ3) is 4.33. The van der Waals surface area contributed by atoms with Crippen molar-refractivity contribution in [2.45, 2.75) is 25.7 Å². The summed E-state index contributed by atoms with van der Waals surface area (Å²) in [5.74, 6) is -1.32. The van der Waals surface area contributed by atoms with E-state index in [1.165, 1.54) is 16.8 Å². The highest BCUT2D eigenvalue weighted by Gasteiger charge is 2.23. The number of likely N-dealkylation sites (tertiary alicyclic amines) is 1. The maximum Gasteiger partial charge on any atom is 0.268 e. The first kappa shape index (κ1) is 18.2. The van der Waals surface area contributed by atoms with Gasteiger partial charge in [-0.1, -0.05) is 6.07 Å². The van der Waals surface area contributed by atoms with Crippen LogP contribution in [0, 0.1) is 17.6 Å². The molecule has 1 aromatic carbocycles. The van der Waals surface area contributed by atoms with Gasteiger partial charge in [0, 0.05) is 26.3 Å². The maximum atomic E-state index is 13.3. The number of aromatic nitrogens is 2. The molecule has 1 aromatic heterocycles. The Hall–Kier alpha value is -2.57. The molecule has 1 saturated heterocycles. The highest BCUT2D eigenvalue weighted by Crippen LogP contribution is 2.23. The van der Waals surface area contributed by atoms with Crippen molar-refractivity contribution in [3.05, 3.63) is 63.8 Å². The lowest BCUT2D eigenvalue weighted by Crippen LogP contribution is -2.40. The third-order valence-electron chi connectivity index (χ3n) is 4.84. The van der Waals surface area contributed by atoms with Crippen molar-refractivity contribution in [1.82, 2.24) is 14.5 Å². The predicted molar refractivity (Wildman–Crippen MR) is 92.5 cm³/mol. The van der Waals surface area contributed by atoms with Crippen LogP contribution in [0.5, 0.6) is 0 Å². The Morgan fingerprint density at radius 2 is 1.96 bits per heavy atom. The van der Waals surface area contributed by atoms with Crippen molar-refractivity contribution in [3.63, 3.8) is 0 Å². The Morgan fingerprint density at radius 3 is 2.62 bits per heavy atom. The number of amides is 1. The van der Waals surface area contributed by atoms with E-state index >= 15 is 0 Å². The number of hydrogen-bond acceptors (Lipinski definition) is 3. The van der Waals surface area contributed by atoms with Crippen LogP contribution < -0.4 is 5.56 Å². The number of carbonyl (C=O) groups excluding carboxylic acids is 1. The number of rotatable bonds is 4. The molecule has 7 heteroatoms. The molecular formula is C19H21F2N3O2. The third-order valence-corrected chi connectivity index (χ3v) is 4.84. The highest BCUT2D eigenvalue weighted by atomic mass is 19.2. The average molecular weight is 361 g/mol. The zero-order valence-corrected chi connectivity index (χ0v) is 14.6. The van der Waals surface area contributed by atoms with Crippen LogP contribution in [0.1, 0.15) is 24.1 Å². The monoisotopic (exact) mass is 361 g/mol. The molecule has 0 aliphatic carbocycles. The van der Waals surface area contributed by atoms with Crippen LogP contribution in [0.2, 0.25) is 0 Å². The summed E-state index contributed by atoms with van der Waals surface area (Å²) < 4.78 is 27.7. The summed E-state index contributed by atoms with van der Waals surface area (Å²) in [7, 11) is 1.63. The van der Waals surface area contributed by atoms with Crippen molar-refractivity contribution in [2.24, 2.45) is 13.0 Å². The van der Waals surface area contributed by atoms with Crippen molar-refractivity contribution in [1.29, 1.82) is 0 Å². The molecule has 0 radical (unpaired) electrons. The second-order valence-corrected chi connectivity index (χ2v) is 6.78. The second kappa shape index (κ2) is 7.76. The van der Waals surface area contributed by atoms with Gasteiger partial charge in [0.25, 0.3) is 5.56 Å². The highest BCUT2D eigenvalue weighted by molar-refractivity contribution is 5.78. The smallest absolute Gasteiger partial charge is 0.268 e. The molecule has 3 rings (SSSR count). The quantitative estimate of drug-likeness (QED) is 0.838. The van der Waals surface area contributed by atoms with Crippen LogP contribution in [-0.4, -0.2) is 33.4 Å². The maximum absolute atomic E-state index is 13.3. The van der Waals surface area contributed by atoms with Gasteiger partial charge >= 0.3 is 0 Å². The molecule has 1 aliphatic heterocycles.